The number of hydrogen-bond donors (Lipinski definition) is 1. The van der Waals surface area contributed by atoms with E-state index in [1.165, 1.54) is 22.3 Å². The predicted molar refractivity (Wildman–Crippen MR) is 95.0 cm³/mol. The lowest BCUT2D eigenvalue weighted by Gasteiger charge is -2.14. The Morgan fingerprint density at radius 2 is 1.20 bits per heavy atom. The topological polar surface area (TPSA) is 12.0 Å². The first-order chi connectivity index (χ1) is 9.90. The first-order valence-corrected chi connectivity index (χ1v) is 7.58. The van der Waals surface area contributed by atoms with E-state index in [4.69, 9.17) is 0 Å². The van der Waals surface area contributed by atoms with Crippen molar-refractivity contribution in [1.82, 2.24) is 0 Å². The lowest BCUT2D eigenvalue weighted by molar-refractivity contribution is 1.58. The van der Waals surface area contributed by atoms with E-state index in [0.717, 1.165) is 5.69 Å². The molecular formula is C18H14IN. The molecule has 0 radical (unpaired) electrons. The maximum absolute atomic E-state index is 3.27. The van der Waals surface area contributed by atoms with Gasteiger partial charge in [-0.3, -0.25) is 0 Å². The highest BCUT2D eigenvalue weighted by atomic mass is 127. The highest BCUT2D eigenvalue weighted by Crippen LogP contribution is 2.38. The van der Waals surface area contributed by atoms with E-state index < -0.39 is 0 Å². The Balaban J connectivity index is 2.26. The fourth-order valence-electron chi connectivity index (χ4n) is 2.41. The van der Waals surface area contributed by atoms with E-state index in [2.05, 4.69) is 93.1 Å². The molecule has 1 N–H and O–H groups in total. The zero-order valence-corrected chi connectivity index (χ0v) is 13.0. The molecule has 0 bridgehead atoms. The van der Waals surface area contributed by atoms with Crippen LogP contribution < -0.4 is 3.53 Å². The molecular weight excluding hydrogens is 357 g/mol. The second-order valence-corrected chi connectivity index (χ2v) is 5.09. The van der Waals surface area contributed by atoms with E-state index in [1.807, 2.05) is 12.1 Å². The van der Waals surface area contributed by atoms with Gasteiger partial charge in [0, 0.05) is 5.56 Å². The monoisotopic (exact) mass is 371 g/mol. The highest BCUT2D eigenvalue weighted by molar-refractivity contribution is 14.1. The molecule has 0 heterocycles. The van der Waals surface area contributed by atoms with Gasteiger partial charge < -0.3 is 3.53 Å². The van der Waals surface area contributed by atoms with Crippen LogP contribution in [0.5, 0.6) is 0 Å². The minimum absolute atomic E-state index is 1.14. The minimum atomic E-state index is 1.14. The zero-order chi connectivity index (χ0) is 13.8. The average Bonchev–Trinajstić information content (AvgIpc) is 2.55. The van der Waals surface area contributed by atoms with E-state index in [0.29, 0.717) is 0 Å². The van der Waals surface area contributed by atoms with Crippen molar-refractivity contribution in [1.29, 1.82) is 0 Å². The average molecular weight is 371 g/mol. The van der Waals surface area contributed by atoms with Crippen LogP contribution >= 0.6 is 22.9 Å². The van der Waals surface area contributed by atoms with Gasteiger partial charge in [0.25, 0.3) is 0 Å². The Labute approximate surface area is 133 Å². The Morgan fingerprint density at radius 1 is 0.600 bits per heavy atom. The van der Waals surface area contributed by atoms with Gasteiger partial charge in [-0.2, -0.15) is 0 Å². The molecule has 0 saturated carbocycles. The van der Waals surface area contributed by atoms with Crippen molar-refractivity contribution in [3.05, 3.63) is 78.9 Å². The smallest absolute Gasteiger partial charge is 0.0560 e. The lowest BCUT2D eigenvalue weighted by Crippen LogP contribution is -1.90. The molecule has 2 heteroatoms. The molecule has 0 saturated heterocycles. The SMILES string of the molecule is INc1cccc(-c2ccccc2)c1-c1ccccc1. The summed E-state index contributed by atoms with van der Waals surface area (Å²) >= 11 is 2.19. The quantitative estimate of drug-likeness (QED) is 0.454. The van der Waals surface area contributed by atoms with Crippen LogP contribution in [-0.2, 0) is 0 Å². The van der Waals surface area contributed by atoms with Crippen molar-refractivity contribution in [2.75, 3.05) is 3.53 Å². The van der Waals surface area contributed by atoms with Crippen LogP contribution in [0.25, 0.3) is 22.3 Å². The summed E-state index contributed by atoms with van der Waals surface area (Å²) in [6.07, 6.45) is 0. The predicted octanol–water partition coefficient (Wildman–Crippen LogP) is 5.78. The van der Waals surface area contributed by atoms with Gasteiger partial charge in [-0.25, -0.2) is 0 Å². The highest BCUT2D eigenvalue weighted by Gasteiger charge is 2.11. The molecule has 0 aliphatic rings. The van der Waals surface area contributed by atoms with Gasteiger partial charge in [0.15, 0.2) is 0 Å². The molecule has 0 atom stereocenters. The summed E-state index contributed by atoms with van der Waals surface area (Å²) in [5, 5.41) is 0. The molecule has 0 fully saturated rings. The number of anilines is 1. The van der Waals surface area contributed by atoms with Crippen LogP contribution in [0.3, 0.4) is 0 Å². The van der Waals surface area contributed by atoms with Gasteiger partial charge in [-0.1, -0.05) is 72.8 Å². The largest absolute Gasteiger partial charge is 0.328 e. The molecule has 0 aromatic heterocycles. The summed E-state index contributed by atoms with van der Waals surface area (Å²) in [7, 11) is 0. The fraction of sp³-hybridized carbons (Fsp3) is 0. The van der Waals surface area contributed by atoms with Crippen LogP contribution in [0.1, 0.15) is 0 Å². The second kappa shape index (κ2) is 6.09. The molecule has 0 amide bonds. The van der Waals surface area contributed by atoms with E-state index in [1.54, 1.807) is 0 Å². The maximum atomic E-state index is 3.27. The summed E-state index contributed by atoms with van der Waals surface area (Å²) in [5.41, 5.74) is 6.09. The van der Waals surface area contributed by atoms with E-state index in [9.17, 15) is 0 Å². The minimum Gasteiger partial charge on any atom is -0.328 e. The third-order valence-corrected chi connectivity index (χ3v) is 3.89. The van der Waals surface area contributed by atoms with Crippen molar-refractivity contribution in [3.63, 3.8) is 0 Å². The van der Waals surface area contributed by atoms with Gasteiger partial charge in [0.1, 0.15) is 0 Å². The molecule has 0 spiro atoms. The first kappa shape index (κ1) is 13.2. The Morgan fingerprint density at radius 3 is 1.80 bits per heavy atom. The van der Waals surface area contributed by atoms with E-state index in [-0.39, 0.29) is 0 Å². The van der Waals surface area contributed by atoms with E-state index >= 15 is 0 Å². The summed E-state index contributed by atoms with van der Waals surface area (Å²) in [5.74, 6) is 0. The molecule has 0 unspecified atom stereocenters. The van der Waals surface area contributed by atoms with Gasteiger partial charge in [-0.05, 0) is 22.8 Å². The number of halogens is 1. The molecule has 3 aromatic rings. The fourth-order valence-corrected chi connectivity index (χ4v) is 2.85. The Hall–Kier alpha value is -1.81. The summed E-state index contributed by atoms with van der Waals surface area (Å²) < 4.78 is 3.27. The first-order valence-electron chi connectivity index (χ1n) is 6.50. The van der Waals surface area contributed by atoms with Crippen LogP contribution in [0.15, 0.2) is 78.9 Å². The van der Waals surface area contributed by atoms with Crippen LogP contribution in [0.4, 0.5) is 5.69 Å². The van der Waals surface area contributed by atoms with Gasteiger partial charge in [0.2, 0.25) is 0 Å². The number of rotatable bonds is 3. The molecule has 1 nitrogen and oxygen atoms in total. The zero-order valence-electron chi connectivity index (χ0n) is 10.9. The standard InChI is InChI=1S/C18H14IN/c19-20-17-13-7-12-16(14-8-3-1-4-9-14)18(17)15-10-5-2-6-11-15/h1-13,20H. The summed E-state index contributed by atoms with van der Waals surface area (Å²) in [6, 6.07) is 27.4. The summed E-state index contributed by atoms with van der Waals surface area (Å²) in [4.78, 5) is 0. The van der Waals surface area contributed by atoms with Crippen molar-refractivity contribution in [2.45, 2.75) is 0 Å². The Bertz CT molecular complexity index is 693. The molecule has 3 aromatic carbocycles. The maximum Gasteiger partial charge on any atom is 0.0560 e. The van der Waals surface area contributed by atoms with Crippen molar-refractivity contribution in [2.24, 2.45) is 0 Å². The molecule has 3 rings (SSSR count). The molecule has 0 aliphatic carbocycles. The number of nitrogens with one attached hydrogen (secondary N) is 1. The third-order valence-electron chi connectivity index (χ3n) is 3.31. The summed E-state index contributed by atoms with van der Waals surface area (Å²) in [6.45, 7) is 0. The normalized spacial score (nSPS) is 10.2. The number of hydrogen-bond acceptors (Lipinski definition) is 1. The Kier molecular flexibility index (Phi) is 4.02. The van der Waals surface area contributed by atoms with Gasteiger partial charge >= 0.3 is 0 Å². The molecule has 20 heavy (non-hydrogen) atoms. The van der Waals surface area contributed by atoms with Crippen LogP contribution in [0, 0.1) is 0 Å². The van der Waals surface area contributed by atoms with Crippen molar-refractivity contribution >= 4 is 28.6 Å². The van der Waals surface area contributed by atoms with Crippen molar-refractivity contribution < 1.29 is 0 Å². The molecule has 98 valence electrons. The third kappa shape index (κ3) is 2.56. The number of benzene rings is 3. The van der Waals surface area contributed by atoms with Crippen LogP contribution in [-0.4, -0.2) is 0 Å². The van der Waals surface area contributed by atoms with Crippen LogP contribution in [0.2, 0.25) is 0 Å². The molecule has 0 aliphatic heterocycles. The second-order valence-electron chi connectivity index (χ2n) is 4.55. The lowest BCUT2D eigenvalue weighted by atomic mass is 9.93. The van der Waals surface area contributed by atoms with Gasteiger partial charge in [0.05, 0.1) is 28.6 Å². The van der Waals surface area contributed by atoms with Crippen molar-refractivity contribution in [3.8, 4) is 22.3 Å². The van der Waals surface area contributed by atoms with Gasteiger partial charge in [-0.15, -0.1) is 0 Å².